The molecule has 0 heterocycles. The van der Waals surface area contributed by atoms with Crippen LogP contribution < -0.4 is 10.1 Å². The monoisotopic (exact) mass is 376 g/mol. The summed E-state index contributed by atoms with van der Waals surface area (Å²) < 4.78 is 5.51. The molecule has 0 aliphatic heterocycles. The van der Waals surface area contributed by atoms with E-state index in [-0.39, 0.29) is 22.4 Å². The van der Waals surface area contributed by atoms with Gasteiger partial charge in [0, 0.05) is 16.8 Å². The van der Waals surface area contributed by atoms with E-state index in [0.717, 1.165) is 12.0 Å². The summed E-state index contributed by atoms with van der Waals surface area (Å²) in [7, 11) is 0. The van der Waals surface area contributed by atoms with E-state index < -0.39 is 11.0 Å². The smallest absolute Gasteiger partial charge is 0.312 e. The molecular weight excluding hydrogens is 356 g/mol. The maximum Gasteiger partial charge on any atom is 0.312 e. The van der Waals surface area contributed by atoms with Crippen LogP contribution in [0.3, 0.4) is 0 Å². The summed E-state index contributed by atoms with van der Waals surface area (Å²) >= 11 is 5.79. The van der Waals surface area contributed by atoms with Crippen molar-refractivity contribution in [2.75, 3.05) is 5.32 Å². The minimum absolute atomic E-state index is 0.00254. The minimum atomic E-state index is -0.917. The van der Waals surface area contributed by atoms with Crippen LogP contribution in [0.15, 0.2) is 42.5 Å². The Bertz CT molecular complexity index is 810. The highest BCUT2D eigenvalue weighted by Gasteiger charge is 2.22. The molecular formula is C19H21ClN2O4. The Labute approximate surface area is 157 Å². The third-order valence-electron chi connectivity index (χ3n) is 4.15. The molecule has 0 saturated heterocycles. The summed E-state index contributed by atoms with van der Waals surface area (Å²) in [6, 6.07) is 11.6. The van der Waals surface area contributed by atoms with Crippen LogP contribution >= 0.6 is 11.6 Å². The summed E-state index contributed by atoms with van der Waals surface area (Å²) in [4.78, 5) is 23.0. The van der Waals surface area contributed by atoms with Crippen molar-refractivity contribution in [1.82, 2.24) is 0 Å². The molecule has 0 saturated carbocycles. The number of rotatable bonds is 7. The molecule has 6 nitrogen and oxygen atoms in total. The number of hydrogen-bond donors (Lipinski definition) is 1. The second kappa shape index (κ2) is 8.67. The number of nitrogens with zero attached hydrogens (tertiary/aromatic N) is 1. The normalized spacial score (nSPS) is 12.9. The lowest BCUT2D eigenvalue weighted by Gasteiger charge is -2.18. The molecule has 2 rings (SSSR count). The van der Waals surface area contributed by atoms with E-state index in [2.05, 4.69) is 19.2 Å². The lowest BCUT2D eigenvalue weighted by molar-refractivity contribution is -0.386. The van der Waals surface area contributed by atoms with Gasteiger partial charge in [-0.2, -0.15) is 0 Å². The quantitative estimate of drug-likeness (QED) is 0.534. The molecule has 2 aromatic rings. The standard InChI is InChI=1S/C19H21ClN2O4/c1-4-12(2)15-7-5-6-8-16(15)21-19(23)13(3)26-18-10-9-14(20)11-17(18)22(24)25/h5-13H,4H2,1-3H3,(H,21,23)/t12-,13-/m1/s1. The van der Waals surface area contributed by atoms with E-state index in [1.165, 1.54) is 18.2 Å². The number of halogens is 1. The summed E-state index contributed by atoms with van der Waals surface area (Å²) in [6.07, 6.45) is 0.0236. The Balaban J connectivity index is 2.16. The average Bonchev–Trinajstić information content (AvgIpc) is 2.62. The van der Waals surface area contributed by atoms with Gasteiger partial charge in [-0.15, -0.1) is 0 Å². The van der Waals surface area contributed by atoms with Crippen molar-refractivity contribution in [2.24, 2.45) is 0 Å². The van der Waals surface area contributed by atoms with Crippen LogP contribution in [0.25, 0.3) is 0 Å². The van der Waals surface area contributed by atoms with Crippen LogP contribution in [0.5, 0.6) is 5.75 Å². The number of carbonyl (C=O) groups excluding carboxylic acids is 1. The van der Waals surface area contributed by atoms with Gasteiger partial charge in [-0.05, 0) is 43.0 Å². The van der Waals surface area contributed by atoms with E-state index in [1.807, 2.05) is 24.3 Å². The highest BCUT2D eigenvalue weighted by Crippen LogP contribution is 2.31. The summed E-state index contributed by atoms with van der Waals surface area (Å²) in [6.45, 7) is 5.70. The lowest BCUT2D eigenvalue weighted by atomic mass is 9.97. The van der Waals surface area contributed by atoms with Crippen LogP contribution in [0.4, 0.5) is 11.4 Å². The van der Waals surface area contributed by atoms with Crippen molar-refractivity contribution < 1.29 is 14.5 Å². The van der Waals surface area contributed by atoms with Crippen LogP contribution in [0, 0.1) is 10.1 Å². The number of carbonyl (C=O) groups is 1. The van der Waals surface area contributed by atoms with Gasteiger partial charge in [0.1, 0.15) is 0 Å². The van der Waals surface area contributed by atoms with Gasteiger partial charge in [0.05, 0.1) is 4.92 Å². The molecule has 138 valence electrons. The summed E-state index contributed by atoms with van der Waals surface area (Å²) in [5.74, 6) is -0.0951. The van der Waals surface area contributed by atoms with E-state index >= 15 is 0 Å². The van der Waals surface area contributed by atoms with Crippen molar-refractivity contribution in [2.45, 2.75) is 39.2 Å². The molecule has 0 spiro atoms. The Kier molecular flexibility index (Phi) is 6.58. The highest BCUT2D eigenvalue weighted by molar-refractivity contribution is 6.30. The second-order valence-electron chi connectivity index (χ2n) is 6.02. The van der Waals surface area contributed by atoms with Crippen LogP contribution in [0.1, 0.15) is 38.7 Å². The van der Waals surface area contributed by atoms with Gasteiger partial charge in [-0.3, -0.25) is 14.9 Å². The van der Waals surface area contributed by atoms with E-state index in [1.54, 1.807) is 6.92 Å². The fourth-order valence-electron chi connectivity index (χ4n) is 2.47. The molecule has 2 atom stereocenters. The summed E-state index contributed by atoms with van der Waals surface area (Å²) in [5.41, 5.74) is 1.47. The number of benzene rings is 2. The largest absolute Gasteiger partial charge is 0.474 e. The number of ether oxygens (including phenoxy) is 1. The van der Waals surface area contributed by atoms with Crippen molar-refractivity contribution in [3.05, 3.63) is 63.2 Å². The Hall–Kier alpha value is -2.60. The minimum Gasteiger partial charge on any atom is -0.474 e. The SMILES string of the molecule is CC[C@@H](C)c1ccccc1NC(=O)[C@@H](C)Oc1ccc(Cl)cc1[N+](=O)[O-]. The number of para-hydroxylation sites is 1. The van der Waals surface area contributed by atoms with Crippen molar-refractivity contribution in [3.63, 3.8) is 0 Å². The van der Waals surface area contributed by atoms with Gasteiger partial charge in [0.15, 0.2) is 11.9 Å². The molecule has 0 aliphatic rings. The van der Waals surface area contributed by atoms with E-state index in [9.17, 15) is 14.9 Å². The zero-order valence-electron chi connectivity index (χ0n) is 14.9. The first-order chi connectivity index (χ1) is 12.3. The number of anilines is 1. The number of nitro groups is 1. The van der Waals surface area contributed by atoms with E-state index in [0.29, 0.717) is 11.6 Å². The van der Waals surface area contributed by atoms with E-state index in [4.69, 9.17) is 16.3 Å². The molecule has 7 heteroatoms. The molecule has 0 aromatic heterocycles. The zero-order chi connectivity index (χ0) is 19.3. The molecule has 1 amide bonds. The Morgan fingerprint density at radius 2 is 1.96 bits per heavy atom. The van der Waals surface area contributed by atoms with Gasteiger partial charge < -0.3 is 10.1 Å². The average molecular weight is 377 g/mol. The van der Waals surface area contributed by atoms with Gasteiger partial charge in [0.2, 0.25) is 0 Å². The van der Waals surface area contributed by atoms with Crippen LogP contribution in [-0.2, 0) is 4.79 Å². The fourth-order valence-corrected chi connectivity index (χ4v) is 2.64. The van der Waals surface area contributed by atoms with Crippen molar-refractivity contribution in [3.8, 4) is 5.75 Å². The number of amides is 1. The lowest BCUT2D eigenvalue weighted by Crippen LogP contribution is -2.30. The molecule has 0 bridgehead atoms. The third kappa shape index (κ3) is 4.73. The molecule has 0 radical (unpaired) electrons. The number of nitrogens with one attached hydrogen (secondary N) is 1. The summed E-state index contributed by atoms with van der Waals surface area (Å²) in [5, 5.41) is 14.2. The highest BCUT2D eigenvalue weighted by atomic mass is 35.5. The first-order valence-corrected chi connectivity index (χ1v) is 8.71. The van der Waals surface area contributed by atoms with Crippen molar-refractivity contribution >= 4 is 28.9 Å². The maximum atomic E-state index is 12.5. The van der Waals surface area contributed by atoms with Gasteiger partial charge in [0.25, 0.3) is 5.91 Å². The molecule has 26 heavy (non-hydrogen) atoms. The fraction of sp³-hybridized carbons (Fsp3) is 0.316. The first-order valence-electron chi connectivity index (χ1n) is 8.33. The topological polar surface area (TPSA) is 81.5 Å². The second-order valence-corrected chi connectivity index (χ2v) is 6.45. The zero-order valence-corrected chi connectivity index (χ0v) is 15.6. The van der Waals surface area contributed by atoms with Crippen molar-refractivity contribution in [1.29, 1.82) is 0 Å². The third-order valence-corrected chi connectivity index (χ3v) is 4.39. The molecule has 0 aliphatic carbocycles. The van der Waals surface area contributed by atoms with Gasteiger partial charge >= 0.3 is 5.69 Å². The molecule has 0 unspecified atom stereocenters. The van der Waals surface area contributed by atoms with Gasteiger partial charge in [-0.1, -0.05) is 43.6 Å². The molecule has 1 N–H and O–H groups in total. The Morgan fingerprint density at radius 3 is 2.62 bits per heavy atom. The van der Waals surface area contributed by atoms with Crippen LogP contribution in [0.2, 0.25) is 5.02 Å². The predicted molar refractivity (Wildman–Crippen MR) is 102 cm³/mol. The first kappa shape index (κ1) is 19.7. The molecule has 0 fully saturated rings. The number of nitro benzene ring substituents is 1. The van der Waals surface area contributed by atoms with Gasteiger partial charge in [-0.25, -0.2) is 0 Å². The number of hydrogen-bond acceptors (Lipinski definition) is 4. The molecule has 2 aromatic carbocycles. The van der Waals surface area contributed by atoms with Crippen LogP contribution in [-0.4, -0.2) is 16.9 Å². The Morgan fingerprint density at radius 1 is 1.27 bits per heavy atom. The predicted octanol–water partition coefficient (Wildman–Crippen LogP) is 5.17. The maximum absolute atomic E-state index is 12.5.